The molecule has 0 saturated carbocycles. The maximum Gasteiger partial charge on any atom is 0.268 e. The highest BCUT2D eigenvalue weighted by Gasteiger charge is 2.15. The van der Waals surface area contributed by atoms with Gasteiger partial charge >= 0.3 is 0 Å². The van der Waals surface area contributed by atoms with E-state index in [9.17, 15) is 4.79 Å². The third kappa shape index (κ3) is 3.35. The molecule has 6 nitrogen and oxygen atoms in total. The van der Waals surface area contributed by atoms with E-state index in [1.54, 1.807) is 18.5 Å². The first kappa shape index (κ1) is 16.1. The van der Waals surface area contributed by atoms with E-state index in [0.717, 1.165) is 16.6 Å². The third-order valence-electron chi connectivity index (χ3n) is 4.32. The summed E-state index contributed by atoms with van der Waals surface area (Å²) in [5.41, 5.74) is 4.28. The van der Waals surface area contributed by atoms with Gasteiger partial charge in [0.1, 0.15) is 5.69 Å². The Labute approximate surface area is 150 Å². The number of amides is 1. The van der Waals surface area contributed by atoms with Gasteiger partial charge in [0.2, 0.25) is 0 Å². The molecule has 3 heterocycles. The fourth-order valence-corrected chi connectivity index (χ4v) is 2.90. The van der Waals surface area contributed by atoms with Gasteiger partial charge in [-0.15, -0.1) is 0 Å². The van der Waals surface area contributed by atoms with Crippen molar-refractivity contribution < 1.29 is 4.79 Å². The van der Waals surface area contributed by atoms with E-state index >= 15 is 0 Å². The highest BCUT2D eigenvalue weighted by Crippen LogP contribution is 2.15. The number of nitrogens with one attached hydrogen (secondary N) is 2. The molecule has 6 heteroatoms. The summed E-state index contributed by atoms with van der Waals surface area (Å²) in [4.78, 5) is 19.8. The zero-order valence-corrected chi connectivity index (χ0v) is 14.4. The molecule has 4 aromatic rings. The Balaban J connectivity index is 1.44. The van der Waals surface area contributed by atoms with E-state index in [0.29, 0.717) is 12.2 Å². The van der Waals surface area contributed by atoms with Crippen LogP contribution in [0.5, 0.6) is 0 Å². The van der Waals surface area contributed by atoms with Crippen molar-refractivity contribution in [1.82, 2.24) is 25.1 Å². The fourth-order valence-electron chi connectivity index (χ4n) is 2.90. The monoisotopic (exact) mass is 345 g/mol. The first-order valence-electron chi connectivity index (χ1n) is 8.50. The van der Waals surface area contributed by atoms with Gasteiger partial charge in [-0.05, 0) is 30.7 Å². The van der Waals surface area contributed by atoms with Crippen LogP contribution in [0.3, 0.4) is 0 Å². The van der Waals surface area contributed by atoms with E-state index in [1.807, 2.05) is 48.1 Å². The van der Waals surface area contributed by atoms with Gasteiger partial charge in [-0.3, -0.25) is 14.5 Å². The van der Waals surface area contributed by atoms with Crippen LogP contribution in [0.1, 0.15) is 34.6 Å². The Morgan fingerprint density at radius 1 is 1.23 bits per heavy atom. The first-order chi connectivity index (χ1) is 12.7. The molecule has 0 radical (unpaired) electrons. The highest BCUT2D eigenvalue weighted by atomic mass is 16.1. The van der Waals surface area contributed by atoms with Crippen LogP contribution in [-0.2, 0) is 6.54 Å². The Kier molecular flexibility index (Phi) is 4.23. The van der Waals surface area contributed by atoms with Crippen molar-refractivity contribution in [1.29, 1.82) is 0 Å². The number of aromatic amines is 1. The molecule has 1 unspecified atom stereocenters. The van der Waals surface area contributed by atoms with E-state index in [-0.39, 0.29) is 11.9 Å². The minimum absolute atomic E-state index is 0.147. The number of rotatable bonds is 5. The topological polar surface area (TPSA) is 75.6 Å². The zero-order valence-electron chi connectivity index (χ0n) is 14.4. The maximum atomic E-state index is 12.5. The smallest absolute Gasteiger partial charge is 0.268 e. The van der Waals surface area contributed by atoms with E-state index < -0.39 is 0 Å². The molecule has 0 aliphatic rings. The van der Waals surface area contributed by atoms with Gasteiger partial charge in [0, 0.05) is 18.0 Å². The number of aromatic nitrogens is 4. The van der Waals surface area contributed by atoms with Gasteiger partial charge in [-0.2, -0.15) is 5.10 Å². The van der Waals surface area contributed by atoms with Crippen molar-refractivity contribution in [2.75, 3.05) is 0 Å². The van der Waals surface area contributed by atoms with Crippen molar-refractivity contribution in [2.24, 2.45) is 0 Å². The van der Waals surface area contributed by atoms with Crippen molar-refractivity contribution in [2.45, 2.75) is 19.5 Å². The fraction of sp³-hybridized carbons (Fsp3) is 0.150. The lowest BCUT2D eigenvalue weighted by atomic mass is 10.2. The molecule has 0 fully saturated rings. The largest absolute Gasteiger partial charge is 0.349 e. The maximum absolute atomic E-state index is 12.5. The molecule has 3 aromatic heterocycles. The molecule has 0 saturated heterocycles. The third-order valence-corrected chi connectivity index (χ3v) is 4.32. The normalized spacial score (nSPS) is 12.2. The predicted octanol–water partition coefficient (Wildman–Crippen LogP) is 3.30. The van der Waals surface area contributed by atoms with Crippen LogP contribution in [0, 0.1) is 0 Å². The molecular formula is C20H19N5O. The van der Waals surface area contributed by atoms with Gasteiger partial charge in [0.05, 0.1) is 29.8 Å². The number of fused-ring (bicyclic) bond motifs is 1. The van der Waals surface area contributed by atoms with Crippen LogP contribution < -0.4 is 5.32 Å². The highest BCUT2D eigenvalue weighted by molar-refractivity contribution is 5.97. The molecule has 1 amide bonds. The van der Waals surface area contributed by atoms with E-state index in [2.05, 4.69) is 32.5 Å². The second-order valence-electron chi connectivity index (χ2n) is 6.27. The van der Waals surface area contributed by atoms with Crippen molar-refractivity contribution in [3.05, 3.63) is 83.9 Å². The summed E-state index contributed by atoms with van der Waals surface area (Å²) in [5, 5.41) is 7.39. The number of pyridine rings is 1. The molecule has 1 atom stereocenters. The molecule has 130 valence electrons. The summed E-state index contributed by atoms with van der Waals surface area (Å²) in [6.07, 6.45) is 5.47. The second-order valence-corrected chi connectivity index (χ2v) is 6.27. The molecular weight excluding hydrogens is 326 g/mol. The van der Waals surface area contributed by atoms with Crippen molar-refractivity contribution in [3.63, 3.8) is 0 Å². The number of carbonyl (C=O) groups excluding carboxylic acids is 1. The number of hydrogen-bond acceptors (Lipinski definition) is 3. The molecule has 0 spiro atoms. The second kappa shape index (κ2) is 6.84. The molecule has 0 bridgehead atoms. The average molecular weight is 345 g/mol. The van der Waals surface area contributed by atoms with Crippen LogP contribution in [0.25, 0.3) is 11.0 Å². The molecule has 0 aliphatic carbocycles. The predicted molar refractivity (Wildman–Crippen MR) is 99.7 cm³/mol. The lowest BCUT2D eigenvalue weighted by Crippen LogP contribution is -2.26. The van der Waals surface area contributed by atoms with Gasteiger partial charge in [-0.25, -0.2) is 0 Å². The molecule has 0 aliphatic heterocycles. The number of benzene rings is 1. The minimum atomic E-state index is -0.161. The number of carbonyl (C=O) groups is 1. The van der Waals surface area contributed by atoms with Crippen LogP contribution >= 0.6 is 0 Å². The summed E-state index contributed by atoms with van der Waals surface area (Å²) in [5.74, 6) is -0.161. The molecule has 2 N–H and O–H groups in total. The summed E-state index contributed by atoms with van der Waals surface area (Å²) in [7, 11) is 0. The number of hydrogen-bond donors (Lipinski definition) is 2. The number of nitrogens with zero attached hydrogens (tertiary/aromatic N) is 3. The average Bonchev–Trinajstić information content (AvgIpc) is 3.29. The lowest BCUT2D eigenvalue weighted by molar-refractivity contribution is 0.0935. The molecule has 1 aromatic carbocycles. The van der Waals surface area contributed by atoms with Crippen LogP contribution in [0.15, 0.2) is 67.1 Å². The van der Waals surface area contributed by atoms with Gasteiger partial charge in [0.25, 0.3) is 5.91 Å². The zero-order chi connectivity index (χ0) is 17.9. The van der Waals surface area contributed by atoms with E-state index in [1.165, 1.54) is 5.56 Å². The minimum Gasteiger partial charge on any atom is -0.349 e. The summed E-state index contributed by atoms with van der Waals surface area (Å²) >= 11 is 0. The van der Waals surface area contributed by atoms with Gasteiger partial charge < -0.3 is 10.3 Å². The van der Waals surface area contributed by atoms with Gasteiger partial charge in [0.15, 0.2) is 0 Å². The summed E-state index contributed by atoms with van der Waals surface area (Å²) in [6.45, 7) is 2.65. The quantitative estimate of drug-likeness (QED) is 0.583. The number of H-pyrrole nitrogens is 1. The standard InChI is InChI=1S/C20H19N5O/c1-14(16-11-22-25(13-16)12-15-6-3-2-4-7-15)23-20(26)19-10-18-17(24-19)8-5-9-21-18/h2-11,13-14,24H,12H2,1H3,(H,23,26). The Morgan fingerprint density at radius 3 is 2.88 bits per heavy atom. The summed E-state index contributed by atoms with van der Waals surface area (Å²) in [6, 6.07) is 15.5. The SMILES string of the molecule is CC(NC(=O)c1cc2ncccc2[nH]1)c1cnn(Cc2ccccc2)c1. The van der Waals surface area contributed by atoms with Gasteiger partial charge in [-0.1, -0.05) is 30.3 Å². The Morgan fingerprint density at radius 2 is 2.08 bits per heavy atom. The van der Waals surface area contributed by atoms with Crippen molar-refractivity contribution >= 4 is 16.9 Å². The molecule has 4 rings (SSSR count). The lowest BCUT2D eigenvalue weighted by Gasteiger charge is -2.11. The van der Waals surface area contributed by atoms with Crippen LogP contribution in [0.4, 0.5) is 0 Å². The summed E-state index contributed by atoms with van der Waals surface area (Å²) < 4.78 is 1.88. The Hall–Kier alpha value is -3.41. The Bertz CT molecular complexity index is 1000. The first-order valence-corrected chi connectivity index (χ1v) is 8.50. The van der Waals surface area contributed by atoms with Crippen LogP contribution in [-0.4, -0.2) is 25.7 Å². The van der Waals surface area contributed by atoms with Crippen LogP contribution in [0.2, 0.25) is 0 Å². The van der Waals surface area contributed by atoms with E-state index in [4.69, 9.17) is 0 Å². The van der Waals surface area contributed by atoms with Crippen molar-refractivity contribution in [3.8, 4) is 0 Å². The molecule has 26 heavy (non-hydrogen) atoms.